The minimum atomic E-state index is 0. The molecule has 0 saturated carbocycles. The molecule has 0 amide bonds. The van der Waals surface area contributed by atoms with Crippen LogP contribution >= 0.6 is 24.0 Å². The van der Waals surface area contributed by atoms with Gasteiger partial charge in [-0.1, -0.05) is 42.5 Å². The smallest absolute Gasteiger partial charge is 0.193 e. The van der Waals surface area contributed by atoms with Gasteiger partial charge in [0.1, 0.15) is 0 Å². The number of aryl methyl sites for hydroxylation is 2. The van der Waals surface area contributed by atoms with E-state index in [2.05, 4.69) is 81.5 Å². The first-order valence-corrected chi connectivity index (χ1v) is 10.5. The van der Waals surface area contributed by atoms with Crippen LogP contribution in [0.1, 0.15) is 22.5 Å². The molecule has 1 N–H and O–H groups in total. The molecule has 0 aliphatic carbocycles. The first-order chi connectivity index (χ1) is 14.1. The summed E-state index contributed by atoms with van der Waals surface area (Å²) in [4.78, 5) is 9.35. The van der Waals surface area contributed by atoms with Gasteiger partial charge >= 0.3 is 0 Å². The number of guanidine groups is 1. The molecule has 7 heteroatoms. The second kappa shape index (κ2) is 12.1. The van der Waals surface area contributed by atoms with E-state index in [1.807, 2.05) is 18.8 Å². The zero-order valence-electron chi connectivity index (χ0n) is 18.6. The number of rotatable bonds is 6. The highest BCUT2D eigenvalue weighted by atomic mass is 127. The Kier molecular flexibility index (Phi) is 9.84. The van der Waals surface area contributed by atoms with Gasteiger partial charge in [0.25, 0.3) is 0 Å². The molecule has 2 aromatic rings. The van der Waals surface area contributed by atoms with Gasteiger partial charge in [-0.3, -0.25) is 14.6 Å². The van der Waals surface area contributed by atoms with E-state index in [-0.39, 0.29) is 24.0 Å². The lowest BCUT2D eigenvalue weighted by atomic mass is 10.1. The van der Waals surface area contributed by atoms with Crippen molar-refractivity contribution in [1.29, 1.82) is 0 Å². The second-order valence-electron chi connectivity index (χ2n) is 7.60. The van der Waals surface area contributed by atoms with Crippen molar-refractivity contribution in [3.63, 3.8) is 0 Å². The van der Waals surface area contributed by atoms with Crippen LogP contribution in [0.4, 0.5) is 0 Å². The van der Waals surface area contributed by atoms with Crippen LogP contribution in [0.2, 0.25) is 0 Å². The average Bonchev–Trinajstić information content (AvgIpc) is 2.98. The summed E-state index contributed by atoms with van der Waals surface area (Å²) in [6.45, 7) is 10.2. The predicted octanol–water partition coefficient (Wildman–Crippen LogP) is 3.10. The molecule has 1 saturated heterocycles. The topological polar surface area (TPSA) is 48.7 Å². The van der Waals surface area contributed by atoms with Crippen molar-refractivity contribution in [3.05, 3.63) is 58.9 Å². The van der Waals surface area contributed by atoms with E-state index in [1.165, 1.54) is 16.8 Å². The Bertz CT molecular complexity index is 835. The summed E-state index contributed by atoms with van der Waals surface area (Å²) >= 11 is 0. The van der Waals surface area contributed by atoms with E-state index < -0.39 is 0 Å². The van der Waals surface area contributed by atoms with Gasteiger partial charge in [0.2, 0.25) is 0 Å². The number of aromatic nitrogens is 2. The SMILES string of the molecule is CN=C(NCCc1c(C)nn(C)c1C)N1CCN(C/C=C/c2ccccc2)CC1.I. The summed E-state index contributed by atoms with van der Waals surface area (Å²) in [6.07, 6.45) is 5.43. The van der Waals surface area contributed by atoms with Gasteiger partial charge in [-0.15, -0.1) is 24.0 Å². The quantitative estimate of drug-likeness (QED) is 0.360. The molecule has 1 fully saturated rings. The maximum atomic E-state index is 4.51. The predicted molar refractivity (Wildman–Crippen MR) is 137 cm³/mol. The number of nitrogens with one attached hydrogen (secondary N) is 1. The number of halogens is 1. The summed E-state index contributed by atoms with van der Waals surface area (Å²) in [5, 5.41) is 8.04. The lowest BCUT2D eigenvalue weighted by molar-refractivity contribution is 0.194. The van der Waals surface area contributed by atoms with Crippen LogP contribution in [0.25, 0.3) is 6.08 Å². The van der Waals surface area contributed by atoms with Gasteiger partial charge in [0.05, 0.1) is 5.69 Å². The van der Waals surface area contributed by atoms with E-state index in [4.69, 9.17) is 0 Å². The van der Waals surface area contributed by atoms with Crippen LogP contribution in [0.5, 0.6) is 0 Å². The summed E-state index contributed by atoms with van der Waals surface area (Å²) in [5.41, 5.74) is 4.97. The highest BCUT2D eigenvalue weighted by Crippen LogP contribution is 2.12. The van der Waals surface area contributed by atoms with Crippen LogP contribution in [0.3, 0.4) is 0 Å². The van der Waals surface area contributed by atoms with Crippen molar-refractivity contribution in [2.75, 3.05) is 46.3 Å². The lowest BCUT2D eigenvalue weighted by Gasteiger charge is -2.36. The minimum Gasteiger partial charge on any atom is -0.356 e. The largest absolute Gasteiger partial charge is 0.356 e. The molecule has 164 valence electrons. The molecule has 1 aliphatic rings. The maximum Gasteiger partial charge on any atom is 0.193 e. The number of piperazine rings is 1. The highest BCUT2D eigenvalue weighted by Gasteiger charge is 2.19. The van der Waals surface area contributed by atoms with Crippen LogP contribution in [-0.2, 0) is 13.5 Å². The van der Waals surface area contributed by atoms with E-state index in [0.29, 0.717) is 0 Å². The molecular formula is C23H35IN6. The fourth-order valence-electron chi connectivity index (χ4n) is 3.86. The number of hydrogen-bond donors (Lipinski definition) is 1. The zero-order chi connectivity index (χ0) is 20.6. The molecule has 0 radical (unpaired) electrons. The molecule has 0 unspecified atom stereocenters. The number of benzene rings is 1. The van der Waals surface area contributed by atoms with Crippen molar-refractivity contribution in [2.45, 2.75) is 20.3 Å². The van der Waals surface area contributed by atoms with E-state index in [0.717, 1.165) is 57.3 Å². The molecule has 0 atom stereocenters. The fourth-order valence-corrected chi connectivity index (χ4v) is 3.86. The summed E-state index contributed by atoms with van der Waals surface area (Å²) in [6, 6.07) is 10.5. The fraction of sp³-hybridized carbons (Fsp3) is 0.478. The van der Waals surface area contributed by atoms with Crippen molar-refractivity contribution in [2.24, 2.45) is 12.0 Å². The minimum absolute atomic E-state index is 0. The Morgan fingerprint density at radius 3 is 2.43 bits per heavy atom. The Hall–Kier alpha value is -1.87. The van der Waals surface area contributed by atoms with Crippen molar-refractivity contribution >= 4 is 36.0 Å². The Labute approximate surface area is 198 Å². The zero-order valence-corrected chi connectivity index (χ0v) is 21.0. The highest BCUT2D eigenvalue weighted by molar-refractivity contribution is 14.0. The summed E-state index contributed by atoms with van der Waals surface area (Å²) in [5.74, 6) is 1.00. The molecule has 6 nitrogen and oxygen atoms in total. The van der Waals surface area contributed by atoms with Crippen LogP contribution in [-0.4, -0.2) is 71.9 Å². The molecular weight excluding hydrogens is 487 g/mol. The Morgan fingerprint density at radius 1 is 1.13 bits per heavy atom. The van der Waals surface area contributed by atoms with Crippen LogP contribution in [0, 0.1) is 13.8 Å². The van der Waals surface area contributed by atoms with Gasteiger partial charge in [-0.2, -0.15) is 5.10 Å². The van der Waals surface area contributed by atoms with E-state index in [9.17, 15) is 0 Å². The van der Waals surface area contributed by atoms with Crippen molar-refractivity contribution in [1.82, 2.24) is 24.9 Å². The van der Waals surface area contributed by atoms with Gasteiger partial charge in [-0.05, 0) is 31.4 Å². The number of aliphatic imine (C=N–C) groups is 1. The average molecular weight is 522 g/mol. The van der Waals surface area contributed by atoms with Gasteiger partial charge in [-0.25, -0.2) is 0 Å². The Morgan fingerprint density at radius 2 is 1.83 bits per heavy atom. The summed E-state index contributed by atoms with van der Waals surface area (Å²) in [7, 11) is 3.88. The molecule has 30 heavy (non-hydrogen) atoms. The van der Waals surface area contributed by atoms with Crippen molar-refractivity contribution in [3.8, 4) is 0 Å². The third-order valence-corrected chi connectivity index (χ3v) is 5.67. The van der Waals surface area contributed by atoms with Gasteiger partial charge < -0.3 is 10.2 Å². The van der Waals surface area contributed by atoms with Gasteiger partial charge in [0, 0.05) is 59.1 Å². The first-order valence-electron chi connectivity index (χ1n) is 10.5. The molecule has 0 spiro atoms. The van der Waals surface area contributed by atoms with Crippen LogP contribution in [0.15, 0.2) is 41.4 Å². The second-order valence-corrected chi connectivity index (χ2v) is 7.60. The van der Waals surface area contributed by atoms with Crippen molar-refractivity contribution < 1.29 is 0 Å². The molecule has 2 heterocycles. The lowest BCUT2D eigenvalue weighted by Crippen LogP contribution is -2.52. The molecule has 1 aliphatic heterocycles. The number of nitrogens with zero attached hydrogens (tertiary/aromatic N) is 5. The third kappa shape index (κ3) is 6.57. The normalized spacial score (nSPS) is 15.5. The first kappa shape index (κ1) is 24.4. The van der Waals surface area contributed by atoms with Crippen LogP contribution < -0.4 is 5.32 Å². The monoisotopic (exact) mass is 522 g/mol. The third-order valence-electron chi connectivity index (χ3n) is 5.67. The molecule has 3 rings (SSSR count). The molecule has 1 aromatic carbocycles. The summed E-state index contributed by atoms with van der Waals surface area (Å²) < 4.78 is 1.96. The number of hydrogen-bond acceptors (Lipinski definition) is 3. The van der Waals surface area contributed by atoms with Gasteiger partial charge in [0.15, 0.2) is 5.96 Å². The van der Waals surface area contributed by atoms with E-state index >= 15 is 0 Å². The Balaban J connectivity index is 0.00000320. The molecule has 1 aromatic heterocycles. The molecule has 0 bridgehead atoms. The standard InChI is InChI=1S/C23H34N6.HI/c1-19-22(20(2)27(4)26-19)12-13-25-23(24-3)29-17-15-28(16-18-29)14-8-11-21-9-6-5-7-10-21;/h5-11H,12-18H2,1-4H3,(H,24,25);1H/b11-8+;. The maximum absolute atomic E-state index is 4.51. The van der Waals surface area contributed by atoms with E-state index in [1.54, 1.807) is 0 Å².